The van der Waals surface area contributed by atoms with Crippen molar-refractivity contribution in [2.75, 3.05) is 6.54 Å². The molecule has 0 atom stereocenters. The van der Waals surface area contributed by atoms with Crippen molar-refractivity contribution in [1.82, 2.24) is 0 Å². The average Bonchev–Trinajstić information content (AvgIpc) is 2.58. The van der Waals surface area contributed by atoms with Crippen molar-refractivity contribution in [3.8, 4) is 0 Å². The van der Waals surface area contributed by atoms with Gasteiger partial charge in [-0.1, -0.05) is 12.1 Å². The van der Waals surface area contributed by atoms with Gasteiger partial charge in [-0.15, -0.1) is 11.3 Å². The third kappa shape index (κ3) is 1.40. The van der Waals surface area contributed by atoms with E-state index in [9.17, 15) is 0 Å². The fourth-order valence-corrected chi connectivity index (χ4v) is 1.81. The molecule has 0 bridgehead atoms. The van der Waals surface area contributed by atoms with Crippen LogP contribution in [0.25, 0.3) is 0 Å². The summed E-state index contributed by atoms with van der Waals surface area (Å²) in [7, 11) is 0. The first-order valence-electron chi connectivity index (χ1n) is 3.72. The van der Waals surface area contributed by atoms with Crippen LogP contribution in [0.5, 0.6) is 0 Å². The van der Waals surface area contributed by atoms with Crippen molar-refractivity contribution in [3.63, 3.8) is 0 Å². The zero-order valence-electron chi connectivity index (χ0n) is 6.16. The summed E-state index contributed by atoms with van der Waals surface area (Å²) in [5.41, 5.74) is 1.14. The van der Waals surface area contributed by atoms with Crippen LogP contribution in [0.2, 0.25) is 0 Å². The SMILES string of the molecule is C1=CC(c2cccs2)=NCC1. The first-order valence-corrected chi connectivity index (χ1v) is 4.59. The number of nitrogens with zero attached hydrogens (tertiary/aromatic N) is 1. The first kappa shape index (κ1) is 6.80. The van der Waals surface area contributed by atoms with E-state index in [-0.39, 0.29) is 0 Å². The number of thiophene rings is 1. The van der Waals surface area contributed by atoms with Crippen molar-refractivity contribution in [2.45, 2.75) is 6.42 Å². The fraction of sp³-hybridized carbons (Fsp3) is 0.222. The second-order valence-electron chi connectivity index (χ2n) is 2.44. The fourth-order valence-electron chi connectivity index (χ4n) is 1.09. The maximum atomic E-state index is 4.41. The summed E-state index contributed by atoms with van der Waals surface area (Å²) in [6, 6.07) is 4.17. The Bertz CT molecular complexity index is 283. The Morgan fingerprint density at radius 2 is 2.45 bits per heavy atom. The Balaban J connectivity index is 2.29. The zero-order valence-corrected chi connectivity index (χ0v) is 6.97. The molecule has 2 rings (SSSR count). The summed E-state index contributed by atoms with van der Waals surface area (Å²) in [6.45, 7) is 0.948. The Kier molecular flexibility index (Phi) is 1.86. The number of hydrogen-bond acceptors (Lipinski definition) is 2. The van der Waals surface area contributed by atoms with Crippen molar-refractivity contribution >= 4 is 17.0 Å². The molecule has 1 aromatic rings. The van der Waals surface area contributed by atoms with Crippen LogP contribution in [0, 0.1) is 0 Å². The van der Waals surface area contributed by atoms with E-state index in [1.54, 1.807) is 11.3 Å². The summed E-state index contributed by atoms with van der Waals surface area (Å²) in [6.07, 6.45) is 5.38. The predicted molar refractivity (Wildman–Crippen MR) is 49.5 cm³/mol. The van der Waals surface area contributed by atoms with Crippen LogP contribution in [-0.4, -0.2) is 12.3 Å². The molecule has 2 heterocycles. The van der Waals surface area contributed by atoms with Crippen LogP contribution in [0.1, 0.15) is 11.3 Å². The van der Waals surface area contributed by atoms with Crippen LogP contribution in [0.3, 0.4) is 0 Å². The summed E-state index contributed by atoms with van der Waals surface area (Å²) < 4.78 is 0. The van der Waals surface area contributed by atoms with Crippen molar-refractivity contribution in [3.05, 3.63) is 34.5 Å². The maximum absolute atomic E-state index is 4.41. The second kappa shape index (κ2) is 3.01. The maximum Gasteiger partial charge on any atom is 0.0743 e. The highest BCUT2D eigenvalue weighted by Gasteiger charge is 2.01. The van der Waals surface area contributed by atoms with Gasteiger partial charge in [0.2, 0.25) is 0 Å². The van der Waals surface area contributed by atoms with E-state index in [0.29, 0.717) is 0 Å². The van der Waals surface area contributed by atoms with E-state index in [2.05, 4.69) is 34.7 Å². The van der Waals surface area contributed by atoms with E-state index >= 15 is 0 Å². The van der Waals surface area contributed by atoms with Gasteiger partial charge in [-0.05, 0) is 23.9 Å². The molecule has 0 spiro atoms. The Morgan fingerprint density at radius 3 is 3.09 bits per heavy atom. The third-order valence-corrected chi connectivity index (χ3v) is 2.52. The number of aliphatic imine (C=N–C) groups is 1. The van der Waals surface area contributed by atoms with E-state index in [1.807, 2.05) is 0 Å². The van der Waals surface area contributed by atoms with Crippen LogP contribution < -0.4 is 0 Å². The molecule has 56 valence electrons. The molecule has 0 N–H and O–H groups in total. The molecule has 0 radical (unpaired) electrons. The molecule has 1 aromatic heterocycles. The molecule has 0 amide bonds. The van der Waals surface area contributed by atoms with Gasteiger partial charge in [0, 0.05) is 6.54 Å². The summed E-state index contributed by atoms with van der Waals surface area (Å²) in [5, 5.41) is 2.08. The van der Waals surface area contributed by atoms with E-state index in [0.717, 1.165) is 18.7 Å². The molecule has 0 aliphatic carbocycles. The first-order chi connectivity index (χ1) is 5.47. The molecule has 0 fully saturated rings. The minimum Gasteiger partial charge on any atom is -0.284 e. The van der Waals surface area contributed by atoms with Gasteiger partial charge in [-0.2, -0.15) is 0 Å². The quantitative estimate of drug-likeness (QED) is 0.603. The molecular weight excluding hydrogens is 154 g/mol. The monoisotopic (exact) mass is 163 g/mol. The highest BCUT2D eigenvalue weighted by molar-refractivity contribution is 7.12. The van der Waals surface area contributed by atoms with Crippen LogP contribution >= 0.6 is 11.3 Å². The van der Waals surface area contributed by atoms with Crippen molar-refractivity contribution in [2.24, 2.45) is 4.99 Å². The van der Waals surface area contributed by atoms with Crippen LogP contribution in [-0.2, 0) is 0 Å². The summed E-state index contributed by atoms with van der Waals surface area (Å²) in [5.74, 6) is 0. The van der Waals surface area contributed by atoms with Gasteiger partial charge in [-0.25, -0.2) is 0 Å². The summed E-state index contributed by atoms with van der Waals surface area (Å²) >= 11 is 1.75. The minimum atomic E-state index is 0.948. The lowest BCUT2D eigenvalue weighted by Crippen LogP contribution is -1.99. The van der Waals surface area contributed by atoms with Gasteiger partial charge in [-0.3, -0.25) is 4.99 Å². The Morgan fingerprint density at radius 1 is 1.45 bits per heavy atom. The third-order valence-electron chi connectivity index (χ3n) is 1.63. The molecule has 1 aliphatic heterocycles. The second-order valence-corrected chi connectivity index (χ2v) is 3.38. The topological polar surface area (TPSA) is 12.4 Å². The predicted octanol–water partition coefficient (Wildman–Crippen LogP) is 2.50. The van der Waals surface area contributed by atoms with Gasteiger partial charge >= 0.3 is 0 Å². The lowest BCUT2D eigenvalue weighted by molar-refractivity contribution is 0.995. The molecule has 1 aliphatic rings. The van der Waals surface area contributed by atoms with Gasteiger partial charge in [0.05, 0.1) is 10.6 Å². The molecule has 0 saturated heterocycles. The largest absolute Gasteiger partial charge is 0.284 e. The highest BCUT2D eigenvalue weighted by Crippen LogP contribution is 2.13. The van der Waals surface area contributed by atoms with Crippen LogP contribution in [0.15, 0.2) is 34.7 Å². The molecule has 2 heteroatoms. The smallest absolute Gasteiger partial charge is 0.0743 e. The zero-order chi connectivity index (χ0) is 7.52. The number of dihydropyridines is 1. The average molecular weight is 163 g/mol. The molecule has 0 aromatic carbocycles. The van der Waals surface area contributed by atoms with Gasteiger partial charge < -0.3 is 0 Å². The van der Waals surface area contributed by atoms with E-state index in [1.165, 1.54) is 4.88 Å². The molecule has 11 heavy (non-hydrogen) atoms. The number of rotatable bonds is 1. The van der Waals surface area contributed by atoms with E-state index < -0.39 is 0 Å². The lowest BCUT2D eigenvalue weighted by Gasteiger charge is -2.02. The summed E-state index contributed by atoms with van der Waals surface area (Å²) in [4.78, 5) is 5.69. The van der Waals surface area contributed by atoms with Crippen molar-refractivity contribution < 1.29 is 0 Å². The highest BCUT2D eigenvalue weighted by atomic mass is 32.1. The van der Waals surface area contributed by atoms with Crippen molar-refractivity contribution in [1.29, 1.82) is 0 Å². The van der Waals surface area contributed by atoms with Gasteiger partial charge in [0.1, 0.15) is 0 Å². The molecule has 0 unspecified atom stereocenters. The molecule has 0 saturated carbocycles. The van der Waals surface area contributed by atoms with Gasteiger partial charge in [0.15, 0.2) is 0 Å². The van der Waals surface area contributed by atoms with Gasteiger partial charge in [0.25, 0.3) is 0 Å². The number of allylic oxidation sites excluding steroid dienone is 1. The normalized spacial score (nSPS) is 16.5. The minimum absolute atomic E-state index is 0.948. The molecule has 1 nitrogen and oxygen atoms in total. The Labute approximate surface area is 70.1 Å². The Hall–Kier alpha value is -0.890. The molecular formula is C9H9NS. The standard InChI is InChI=1S/C9H9NS/c1-2-6-10-8(4-1)9-5-3-7-11-9/h1,3-5,7H,2,6H2. The lowest BCUT2D eigenvalue weighted by atomic mass is 10.2. The number of hydrogen-bond donors (Lipinski definition) is 0. The van der Waals surface area contributed by atoms with E-state index in [4.69, 9.17) is 0 Å². The van der Waals surface area contributed by atoms with Crippen LogP contribution in [0.4, 0.5) is 0 Å².